The molecule has 0 heterocycles. The van der Waals surface area contributed by atoms with Gasteiger partial charge in [-0.25, -0.2) is 0 Å². The minimum Gasteiger partial charge on any atom is -0.312 e. The van der Waals surface area contributed by atoms with Gasteiger partial charge in [0.1, 0.15) is 0 Å². The van der Waals surface area contributed by atoms with Gasteiger partial charge in [-0.3, -0.25) is 0 Å². The number of rotatable bonds is 39. The molecule has 0 spiro atoms. The van der Waals surface area contributed by atoms with Crippen molar-refractivity contribution in [3.8, 4) is 0 Å². The smallest absolute Gasteiger partial charge is 0.312 e. The van der Waals surface area contributed by atoms with E-state index in [2.05, 4.69) is 20.8 Å². The molecule has 0 N–H and O–H groups in total. The third kappa shape index (κ3) is 40.9. The summed E-state index contributed by atoms with van der Waals surface area (Å²) in [6, 6.07) is 0. The third-order valence-corrected chi connectivity index (χ3v) is 10.0. The number of hydrogen-bond acceptors (Lipinski definition) is 3. The van der Waals surface area contributed by atoms with Crippen LogP contribution >= 0.6 is 8.60 Å². The van der Waals surface area contributed by atoms with Gasteiger partial charge in [0.2, 0.25) is 0 Å². The zero-order chi connectivity index (χ0) is 31.2. The van der Waals surface area contributed by atoms with E-state index in [1.54, 1.807) is 0 Å². The molecule has 0 saturated carbocycles. The Labute approximate surface area is 290 Å². The fourth-order valence-corrected chi connectivity index (χ4v) is 6.89. The summed E-state index contributed by atoms with van der Waals surface area (Å²) in [7, 11) is -1.17. The number of hydrogen-bond donors (Lipinski definition) is 0. The van der Waals surface area contributed by atoms with Gasteiger partial charge in [0, 0.05) is 17.1 Å². The molecule has 0 aromatic heterocycles. The van der Waals surface area contributed by atoms with Crippen LogP contribution in [0.5, 0.6) is 0 Å². The predicted octanol–water partition coefficient (Wildman–Crippen LogP) is 15.2. The first kappa shape index (κ1) is 46.9. The van der Waals surface area contributed by atoms with Crippen molar-refractivity contribution in [3.63, 3.8) is 0 Å². The number of unbranched alkanes of at least 4 members (excludes halogenated alkanes) is 30. The normalized spacial score (nSPS) is 11.5. The van der Waals surface area contributed by atoms with E-state index in [9.17, 15) is 0 Å². The van der Waals surface area contributed by atoms with Crippen LogP contribution in [0.1, 0.15) is 233 Å². The largest absolute Gasteiger partial charge is 0.332 e. The van der Waals surface area contributed by atoms with Crippen LogP contribution in [-0.4, -0.2) is 19.8 Å². The maximum Gasteiger partial charge on any atom is 0.332 e. The van der Waals surface area contributed by atoms with Gasteiger partial charge < -0.3 is 13.6 Å². The van der Waals surface area contributed by atoms with Gasteiger partial charge in [-0.2, -0.15) is 0 Å². The topological polar surface area (TPSA) is 27.7 Å². The summed E-state index contributed by atoms with van der Waals surface area (Å²) in [6.45, 7) is 9.26. The Kier molecular flexibility index (Phi) is 46.8. The molecule has 0 atom stereocenters. The van der Waals surface area contributed by atoms with Gasteiger partial charge in [0.25, 0.3) is 0 Å². The molecule has 1 radical (unpaired) electrons. The summed E-state index contributed by atoms with van der Waals surface area (Å²) in [5.41, 5.74) is 0. The van der Waals surface area contributed by atoms with E-state index in [4.69, 9.17) is 13.6 Å². The van der Waals surface area contributed by atoms with Gasteiger partial charge in [-0.1, -0.05) is 213 Å². The van der Waals surface area contributed by atoms with E-state index in [1.165, 1.54) is 193 Å². The van der Waals surface area contributed by atoms with E-state index >= 15 is 0 Å². The first-order valence-corrected chi connectivity index (χ1v) is 21.1. The quantitative estimate of drug-likeness (QED) is 0.0365. The van der Waals surface area contributed by atoms with Crippen molar-refractivity contribution in [2.24, 2.45) is 0 Å². The minimum absolute atomic E-state index is 0. The van der Waals surface area contributed by atoms with Crippen molar-refractivity contribution >= 4 is 8.60 Å². The summed E-state index contributed by atoms with van der Waals surface area (Å²) in [4.78, 5) is 0. The SMILES string of the molecule is CCCCCCCCCCCCCOP(OCCCCCCCCCCCCC)OCCCCCCCCCCCCC.[Cu]. The summed E-state index contributed by atoms with van der Waals surface area (Å²) in [6.07, 6.45) is 45.1. The van der Waals surface area contributed by atoms with Crippen molar-refractivity contribution < 1.29 is 30.6 Å². The van der Waals surface area contributed by atoms with Crippen LogP contribution in [0.2, 0.25) is 0 Å². The van der Waals surface area contributed by atoms with Crippen molar-refractivity contribution in [1.82, 2.24) is 0 Å². The maximum atomic E-state index is 6.14. The Morgan fingerprint density at radius 2 is 0.409 bits per heavy atom. The summed E-state index contributed by atoms with van der Waals surface area (Å²) in [5, 5.41) is 0. The standard InChI is InChI=1S/C39H81O3P.Cu/c1-4-7-10-13-16-19-22-25-28-31-34-37-40-43(41-38-35-32-29-26-23-20-17-14-11-8-5-2)42-39-36-33-30-27-24-21-18-15-12-9-6-3;/h4-39H2,1-3H3;. The van der Waals surface area contributed by atoms with Crippen LogP contribution in [-0.2, 0) is 30.6 Å². The van der Waals surface area contributed by atoms with E-state index in [1.807, 2.05) is 0 Å². The molecular formula is C39H81CuO3P. The maximum absolute atomic E-state index is 6.14. The Hall–Kier alpha value is 0.829. The monoisotopic (exact) mass is 692 g/mol. The second-order valence-corrected chi connectivity index (χ2v) is 14.6. The van der Waals surface area contributed by atoms with E-state index in [-0.39, 0.29) is 17.1 Å². The Bertz CT molecular complexity index is 416. The van der Waals surface area contributed by atoms with Gasteiger partial charge in [0.05, 0.1) is 19.8 Å². The first-order chi connectivity index (χ1) is 21.3. The molecule has 5 heteroatoms. The van der Waals surface area contributed by atoms with Crippen molar-refractivity contribution in [2.45, 2.75) is 233 Å². The van der Waals surface area contributed by atoms with Gasteiger partial charge in [-0.15, -0.1) is 0 Å². The van der Waals surface area contributed by atoms with Crippen LogP contribution in [0.3, 0.4) is 0 Å². The van der Waals surface area contributed by atoms with Crippen molar-refractivity contribution in [1.29, 1.82) is 0 Å². The molecule has 44 heavy (non-hydrogen) atoms. The summed E-state index contributed by atoms with van der Waals surface area (Å²) >= 11 is 0. The second kappa shape index (κ2) is 43.8. The van der Waals surface area contributed by atoms with Crippen LogP contribution < -0.4 is 0 Å². The zero-order valence-corrected chi connectivity index (χ0v) is 32.3. The van der Waals surface area contributed by atoms with Gasteiger partial charge >= 0.3 is 8.60 Å². The zero-order valence-electron chi connectivity index (χ0n) is 30.4. The van der Waals surface area contributed by atoms with Crippen LogP contribution in [0.15, 0.2) is 0 Å². The average molecular weight is 693 g/mol. The first-order valence-electron chi connectivity index (χ1n) is 20.0. The molecule has 0 aromatic rings. The molecule has 0 rings (SSSR count). The summed E-state index contributed by atoms with van der Waals surface area (Å²) < 4.78 is 18.4. The molecule has 0 aliphatic heterocycles. The molecule has 0 amide bonds. The summed E-state index contributed by atoms with van der Waals surface area (Å²) in [5.74, 6) is 0. The molecule has 0 aromatic carbocycles. The van der Waals surface area contributed by atoms with Crippen molar-refractivity contribution in [2.75, 3.05) is 19.8 Å². The van der Waals surface area contributed by atoms with Crippen LogP contribution in [0.25, 0.3) is 0 Å². The second-order valence-electron chi connectivity index (χ2n) is 13.3. The molecule has 0 saturated heterocycles. The molecule has 0 aliphatic rings. The molecule has 0 aliphatic carbocycles. The van der Waals surface area contributed by atoms with Gasteiger partial charge in [-0.05, 0) is 19.3 Å². The molecule has 271 valence electrons. The fraction of sp³-hybridized carbons (Fsp3) is 1.00. The molecule has 0 unspecified atom stereocenters. The Morgan fingerprint density at radius 1 is 0.250 bits per heavy atom. The molecule has 3 nitrogen and oxygen atoms in total. The molecular weight excluding hydrogens is 611 g/mol. The van der Waals surface area contributed by atoms with Crippen LogP contribution in [0, 0.1) is 0 Å². The average Bonchev–Trinajstić information content (AvgIpc) is 3.02. The third-order valence-electron chi connectivity index (χ3n) is 8.83. The van der Waals surface area contributed by atoms with Crippen molar-refractivity contribution in [3.05, 3.63) is 0 Å². The van der Waals surface area contributed by atoms with E-state index < -0.39 is 8.60 Å². The fourth-order valence-electron chi connectivity index (χ4n) is 5.83. The predicted molar refractivity (Wildman–Crippen MR) is 194 cm³/mol. The van der Waals surface area contributed by atoms with Crippen LogP contribution in [0.4, 0.5) is 0 Å². The van der Waals surface area contributed by atoms with E-state index in [0.717, 1.165) is 39.1 Å². The molecule has 0 bridgehead atoms. The Morgan fingerprint density at radius 3 is 0.591 bits per heavy atom. The minimum atomic E-state index is -1.17. The molecule has 0 fully saturated rings. The van der Waals surface area contributed by atoms with Gasteiger partial charge in [0.15, 0.2) is 0 Å². The Balaban J connectivity index is 0. The van der Waals surface area contributed by atoms with E-state index in [0.29, 0.717) is 0 Å².